The molecule has 0 radical (unpaired) electrons. The summed E-state index contributed by atoms with van der Waals surface area (Å²) in [5.74, 6) is 1.36. The fourth-order valence-corrected chi connectivity index (χ4v) is 4.18. The molecular weight excluding hydrogens is 364 g/mol. The average molecular weight is 399 g/mol. The second-order valence-corrected chi connectivity index (χ2v) is 8.17. The first-order chi connectivity index (χ1) is 13.8. The summed E-state index contributed by atoms with van der Waals surface area (Å²) in [6, 6.07) is -0.0783. The van der Waals surface area contributed by atoms with Crippen LogP contribution >= 0.6 is 0 Å². The van der Waals surface area contributed by atoms with Crippen molar-refractivity contribution in [3.8, 4) is 0 Å². The van der Waals surface area contributed by atoms with Crippen molar-refractivity contribution in [1.29, 1.82) is 0 Å². The number of nitrogens with zero attached hydrogens (tertiary/aromatic N) is 5. The summed E-state index contributed by atoms with van der Waals surface area (Å²) in [6.45, 7) is 15.2. The molecule has 0 aromatic carbocycles. The van der Waals surface area contributed by atoms with Crippen molar-refractivity contribution in [1.82, 2.24) is 25.1 Å². The van der Waals surface area contributed by atoms with Gasteiger partial charge in [0.05, 0.1) is 23.0 Å². The van der Waals surface area contributed by atoms with Gasteiger partial charge < -0.3 is 10.2 Å². The molecule has 0 bridgehead atoms. The first-order valence-electron chi connectivity index (χ1n) is 10.8. The first kappa shape index (κ1) is 21.3. The fourth-order valence-electron chi connectivity index (χ4n) is 4.18. The molecule has 3 rings (SSSR count). The topological polar surface area (TPSA) is 75.9 Å². The minimum atomic E-state index is -0.129. The largest absolute Gasteiger partial charge is 0.345 e. The molecule has 0 saturated carbocycles. The zero-order chi connectivity index (χ0) is 21.1. The number of aryl methyl sites for hydroxylation is 3. The van der Waals surface area contributed by atoms with Gasteiger partial charge in [0, 0.05) is 37.1 Å². The Morgan fingerprint density at radius 3 is 2.45 bits per heavy atom. The van der Waals surface area contributed by atoms with Crippen LogP contribution in [-0.2, 0) is 6.54 Å². The van der Waals surface area contributed by atoms with Crippen molar-refractivity contribution >= 4 is 11.9 Å². The van der Waals surface area contributed by atoms with Crippen LogP contribution in [0.15, 0.2) is 6.20 Å². The van der Waals surface area contributed by atoms with Crippen LogP contribution in [0.5, 0.6) is 0 Å². The standard InChI is InChI=1S/C22H34N6O/c1-7-19(20-16(5)26-28(8-2)17(20)6)25-21(29)18-13-23-22(24-15(18)4)27-11-9-14(3)10-12-27/h13-14,19H,7-12H2,1-6H3,(H,25,29)/t19-/m1/s1. The third-order valence-electron chi connectivity index (χ3n) is 6.08. The van der Waals surface area contributed by atoms with Gasteiger partial charge in [-0.15, -0.1) is 0 Å². The van der Waals surface area contributed by atoms with Gasteiger partial charge in [0.15, 0.2) is 0 Å². The van der Waals surface area contributed by atoms with Crippen LogP contribution in [0.4, 0.5) is 5.95 Å². The third-order valence-corrected chi connectivity index (χ3v) is 6.08. The number of carbonyl (C=O) groups is 1. The number of rotatable bonds is 6. The molecule has 0 unspecified atom stereocenters. The van der Waals surface area contributed by atoms with Crippen molar-refractivity contribution in [2.24, 2.45) is 5.92 Å². The number of amides is 1. The number of piperidine rings is 1. The number of hydrogen-bond donors (Lipinski definition) is 1. The third kappa shape index (κ3) is 4.43. The van der Waals surface area contributed by atoms with Gasteiger partial charge in [-0.3, -0.25) is 9.48 Å². The quantitative estimate of drug-likeness (QED) is 0.802. The summed E-state index contributed by atoms with van der Waals surface area (Å²) in [6.07, 6.45) is 4.79. The molecule has 158 valence electrons. The molecule has 0 aliphatic carbocycles. The van der Waals surface area contributed by atoms with E-state index < -0.39 is 0 Å². The van der Waals surface area contributed by atoms with E-state index in [9.17, 15) is 4.79 Å². The summed E-state index contributed by atoms with van der Waals surface area (Å²) in [7, 11) is 0. The molecule has 1 amide bonds. The lowest BCUT2D eigenvalue weighted by molar-refractivity contribution is 0.0934. The van der Waals surface area contributed by atoms with E-state index in [1.54, 1.807) is 6.20 Å². The van der Waals surface area contributed by atoms with Crippen molar-refractivity contribution in [2.75, 3.05) is 18.0 Å². The van der Waals surface area contributed by atoms with E-state index in [1.165, 1.54) is 0 Å². The SMILES string of the molecule is CC[C@@H](NC(=O)c1cnc(N2CCC(C)CC2)nc1C)c1c(C)nn(CC)c1C. The molecule has 7 nitrogen and oxygen atoms in total. The summed E-state index contributed by atoms with van der Waals surface area (Å²) in [5.41, 5.74) is 4.45. The van der Waals surface area contributed by atoms with Crippen LogP contribution < -0.4 is 10.2 Å². The fraction of sp³-hybridized carbons (Fsp3) is 0.636. The maximum absolute atomic E-state index is 13.0. The van der Waals surface area contributed by atoms with E-state index >= 15 is 0 Å². The minimum absolute atomic E-state index is 0.0783. The number of nitrogens with one attached hydrogen (secondary N) is 1. The van der Waals surface area contributed by atoms with Crippen molar-refractivity contribution in [2.45, 2.75) is 73.4 Å². The molecule has 1 atom stereocenters. The molecule has 1 aliphatic heterocycles. The number of anilines is 1. The highest BCUT2D eigenvalue weighted by Crippen LogP contribution is 2.25. The van der Waals surface area contributed by atoms with Crippen LogP contribution in [-0.4, -0.2) is 38.7 Å². The highest BCUT2D eigenvalue weighted by molar-refractivity contribution is 5.95. The summed E-state index contributed by atoms with van der Waals surface area (Å²) < 4.78 is 1.99. The number of hydrogen-bond acceptors (Lipinski definition) is 5. The van der Waals surface area contributed by atoms with Crippen LogP contribution in [0.3, 0.4) is 0 Å². The molecule has 1 fully saturated rings. The average Bonchev–Trinajstić information content (AvgIpc) is 2.99. The molecule has 2 aromatic rings. The molecule has 3 heterocycles. The van der Waals surface area contributed by atoms with Gasteiger partial charge in [0.1, 0.15) is 0 Å². The van der Waals surface area contributed by atoms with Gasteiger partial charge in [-0.25, -0.2) is 9.97 Å². The Bertz CT molecular complexity index is 866. The molecular formula is C22H34N6O. The van der Waals surface area contributed by atoms with Crippen molar-refractivity contribution in [3.63, 3.8) is 0 Å². The van der Waals surface area contributed by atoms with Crippen molar-refractivity contribution in [3.05, 3.63) is 34.4 Å². The van der Waals surface area contributed by atoms with Gasteiger partial charge in [-0.05, 0) is 52.9 Å². The van der Waals surface area contributed by atoms with E-state index in [2.05, 4.69) is 53.0 Å². The molecule has 7 heteroatoms. The second kappa shape index (κ2) is 8.93. The number of carbonyl (C=O) groups excluding carboxylic acids is 1. The molecule has 2 aromatic heterocycles. The highest BCUT2D eigenvalue weighted by atomic mass is 16.1. The van der Waals surface area contributed by atoms with Gasteiger partial charge in [0.25, 0.3) is 5.91 Å². The lowest BCUT2D eigenvalue weighted by Gasteiger charge is -2.30. The number of aromatic nitrogens is 4. The Morgan fingerprint density at radius 1 is 1.21 bits per heavy atom. The first-order valence-corrected chi connectivity index (χ1v) is 10.8. The zero-order valence-electron chi connectivity index (χ0n) is 18.6. The lowest BCUT2D eigenvalue weighted by Crippen LogP contribution is -2.35. The van der Waals surface area contributed by atoms with Gasteiger partial charge in [0.2, 0.25) is 5.95 Å². The van der Waals surface area contributed by atoms with Crippen LogP contribution in [0.1, 0.15) is 79.1 Å². The monoisotopic (exact) mass is 398 g/mol. The van der Waals surface area contributed by atoms with Gasteiger partial charge in [-0.1, -0.05) is 13.8 Å². The Balaban J connectivity index is 1.77. The molecule has 1 aliphatic rings. The maximum atomic E-state index is 13.0. The predicted octanol–water partition coefficient (Wildman–Crippen LogP) is 3.74. The summed E-state index contributed by atoms with van der Waals surface area (Å²) in [4.78, 5) is 24.4. The van der Waals surface area contributed by atoms with E-state index in [1.807, 2.05) is 18.5 Å². The Kier molecular flexibility index (Phi) is 6.55. The zero-order valence-corrected chi connectivity index (χ0v) is 18.6. The summed E-state index contributed by atoms with van der Waals surface area (Å²) >= 11 is 0. The molecule has 29 heavy (non-hydrogen) atoms. The van der Waals surface area contributed by atoms with E-state index in [0.717, 1.165) is 73.4 Å². The van der Waals surface area contributed by atoms with E-state index in [4.69, 9.17) is 0 Å². The smallest absolute Gasteiger partial charge is 0.255 e. The minimum Gasteiger partial charge on any atom is -0.345 e. The van der Waals surface area contributed by atoms with Crippen LogP contribution in [0.2, 0.25) is 0 Å². The predicted molar refractivity (Wildman–Crippen MR) is 115 cm³/mol. The Hall–Kier alpha value is -2.44. The Morgan fingerprint density at radius 2 is 1.90 bits per heavy atom. The van der Waals surface area contributed by atoms with Crippen LogP contribution in [0, 0.1) is 26.7 Å². The van der Waals surface area contributed by atoms with Gasteiger partial charge >= 0.3 is 0 Å². The van der Waals surface area contributed by atoms with Gasteiger partial charge in [-0.2, -0.15) is 5.10 Å². The summed E-state index contributed by atoms with van der Waals surface area (Å²) in [5, 5.41) is 7.78. The lowest BCUT2D eigenvalue weighted by atomic mass is 10.00. The normalized spacial score (nSPS) is 16.1. The van der Waals surface area contributed by atoms with E-state index in [-0.39, 0.29) is 11.9 Å². The second-order valence-electron chi connectivity index (χ2n) is 8.17. The molecule has 1 N–H and O–H groups in total. The molecule has 1 saturated heterocycles. The Labute approximate surface area is 173 Å². The maximum Gasteiger partial charge on any atom is 0.255 e. The van der Waals surface area contributed by atoms with Crippen LogP contribution in [0.25, 0.3) is 0 Å². The highest BCUT2D eigenvalue weighted by Gasteiger charge is 2.24. The van der Waals surface area contributed by atoms with E-state index in [0.29, 0.717) is 5.56 Å². The molecule has 0 spiro atoms. The van der Waals surface area contributed by atoms with Crippen molar-refractivity contribution < 1.29 is 4.79 Å².